The lowest BCUT2D eigenvalue weighted by Crippen LogP contribution is -2.31. The summed E-state index contributed by atoms with van der Waals surface area (Å²) in [5.41, 5.74) is 3.55. The molecule has 0 aliphatic rings. The first-order valence-corrected chi connectivity index (χ1v) is 12.9. The third-order valence-electron chi connectivity index (χ3n) is 7.13. The largest absolute Gasteiger partial charge is 0.416 e. The molecule has 2 atom stereocenters. The summed E-state index contributed by atoms with van der Waals surface area (Å²) in [6, 6.07) is 32.4. The molecule has 0 saturated heterocycles. The second-order valence-electron chi connectivity index (χ2n) is 9.81. The molecule has 1 amide bonds. The number of aromatic nitrogens is 1. The van der Waals surface area contributed by atoms with E-state index in [1.54, 1.807) is 6.07 Å². The third kappa shape index (κ3) is 6.06. The predicted molar refractivity (Wildman–Crippen MR) is 148 cm³/mol. The van der Waals surface area contributed by atoms with Crippen LogP contribution in [0.15, 0.2) is 115 Å². The quantitative estimate of drug-likeness (QED) is 0.220. The molecule has 2 unspecified atom stereocenters. The van der Waals surface area contributed by atoms with Crippen LogP contribution in [0.25, 0.3) is 10.9 Å². The molecule has 0 aliphatic carbocycles. The summed E-state index contributed by atoms with van der Waals surface area (Å²) in [7, 11) is 1.90. The van der Waals surface area contributed by atoms with E-state index in [4.69, 9.17) is 0 Å². The van der Waals surface area contributed by atoms with E-state index in [0.717, 1.165) is 33.7 Å². The third-order valence-corrected chi connectivity index (χ3v) is 7.13. The number of halogens is 3. The van der Waals surface area contributed by atoms with Crippen molar-refractivity contribution in [3.63, 3.8) is 0 Å². The molecule has 0 bridgehead atoms. The number of carbonyl (C=O) groups excluding carboxylic acids is 1. The number of hydrogen-bond donors (Lipinski definition) is 1. The van der Waals surface area contributed by atoms with Gasteiger partial charge in [0.1, 0.15) is 0 Å². The molecule has 0 aliphatic heterocycles. The lowest BCUT2D eigenvalue weighted by Gasteiger charge is -2.23. The monoisotopic (exact) mass is 526 g/mol. The number of carbonyl (C=O) groups is 1. The van der Waals surface area contributed by atoms with Crippen LogP contribution < -0.4 is 5.32 Å². The summed E-state index contributed by atoms with van der Waals surface area (Å²) in [5, 5.41) is 4.10. The predicted octanol–water partition coefficient (Wildman–Crippen LogP) is 7.82. The number of hydrogen-bond acceptors (Lipinski definition) is 1. The van der Waals surface area contributed by atoms with Crippen molar-refractivity contribution in [2.75, 3.05) is 0 Å². The fourth-order valence-electron chi connectivity index (χ4n) is 5.22. The smallest absolute Gasteiger partial charge is 0.350 e. The Morgan fingerprint density at radius 3 is 2.18 bits per heavy atom. The van der Waals surface area contributed by atoms with Gasteiger partial charge in [0.05, 0.1) is 11.6 Å². The molecular weight excluding hydrogens is 497 g/mol. The molecule has 5 aromatic rings. The van der Waals surface area contributed by atoms with Crippen molar-refractivity contribution in [1.29, 1.82) is 0 Å². The van der Waals surface area contributed by atoms with Crippen LogP contribution in [0.4, 0.5) is 13.2 Å². The Labute approximate surface area is 225 Å². The molecule has 0 spiro atoms. The number of aryl methyl sites for hydroxylation is 1. The van der Waals surface area contributed by atoms with E-state index in [-0.39, 0.29) is 18.4 Å². The Morgan fingerprint density at radius 1 is 0.821 bits per heavy atom. The highest BCUT2D eigenvalue weighted by Gasteiger charge is 2.32. The number of rotatable bonds is 8. The van der Waals surface area contributed by atoms with Gasteiger partial charge in [-0.2, -0.15) is 13.2 Å². The highest BCUT2D eigenvalue weighted by Crippen LogP contribution is 2.37. The maximum Gasteiger partial charge on any atom is 0.416 e. The van der Waals surface area contributed by atoms with Crippen molar-refractivity contribution in [1.82, 2.24) is 9.88 Å². The van der Waals surface area contributed by atoms with Gasteiger partial charge in [-0.3, -0.25) is 4.79 Å². The van der Waals surface area contributed by atoms with Crippen LogP contribution in [0.3, 0.4) is 0 Å². The van der Waals surface area contributed by atoms with Gasteiger partial charge in [0.2, 0.25) is 5.91 Å². The molecule has 1 aromatic heterocycles. The molecule has 0 saturated carbocycles. The Balaban J connectivity index is 1.50. The molecule has 1 N–H and O–H groups in total. The molecule has 39 heavy (non-hydrogen) atoms. The Hall–Kier alpha value is -4.32. The van der Waals surface area contributed by atoms with E-state index in [2.05, 4.69) is 5.32 Å². The van der Waals surface area contributed by atoms with Crippen LogP contribution >= 0.6 is 0 Å². The van der Waals surface area contributed by atoms with E-state index in [9.17, 15) is 18.0 Å². The number of para-hydroxylation sites is 1. The van der Waals surface area contributed by atoms with Crippen LogP contribution in [0.1, 0.15) is 46.2 Å². The first-order chi connectivity index (χ1) is 18.8. The summed E-state index contributed by atoms with van der Waals surface area (Å²) in [6.45, 7) is 0. The summed E-state index contributed by atoms with van der Waals surface area (Å²) in [6.07, 6.45) is -1.95. The van der Waals surface area contributed by atoms with Crippen molar-refractivity contribution in [2.45, 2.75) is 31.0 Å². The minimum absolute atomic E-state index is 0.00738. The topological polar surface area (TPSA) is 34.0 Å². The van der Waals surface area contributed by atoms with Gasteiger partial charge < -0.3 is 9.88 Å². The molecule has 3 nitrogen and oxygen atoms in total. The number of amides is 1. The van der Waals surface area contributed by atoms with Gasteiger partial charge >= 0.3 is 6.18 Å². The van der Waals surface area contributed by atoms with Crippen molar-refractivity contribution in [2.24, 2.45) is 7.05 Å². The van der Waals surface area contributed by atoms with E-state index >= 15 is 0 Å². The zero-order valence-electron chi connectivity index (χ0n) is 21.5. The highest BCUT2D eigenvalue weighted by atomic mass is 19.4. The van der Waals surface area contributed by atoms with Crippen molar-refractivity contribution in [3.8, 4) is 0 Å². The number of nitrogens with zero attached hydrogens (tertiary/aromatic N) is 1. The van der Waals surface area contributed by atoms with Gasteiger partial charge in [-0.15, -0.1) is 0 Å². The maximum absolute atomic E-state index is 13.7. The zero-order valence-corrected chi connectivity index (χ0v) is 21.5. The van der Waals surface area contributed by atoms with Crippen molar-refractivity contribution >= 4 is 16.8 Å². The molecule has 0 fully saturated rings. The summed E-state index contributed by atoms with van der Waals surface area (Å²) >= 11 is 0. The Bertz CT molecular complexity index is 1560. The maximum atomic E-state index is 13.7. The van der Waals surface area contributed by atoms with Gasteiger partial charge in [-0.25, -0.2) is 0 Å². The first-order valence-electron chi connectivity index (χ1n) is 12.9. The van der Waals surface area contributed by atoms with Crippen LogP contribution in [0.5, 0.6) is 0 Å². The fraction of sp³-hybridized carbons (Fsp3) is 0.182. The van der Waals surface area contributed by atoms with Crippen LogP contribution in [-0.4, -0.2) is 10.5 Å². The minimum atomic E-state index is -4.48. The van der Waals surface area contributed by atoms with Crippen LogP contribution in [0, 0.1) is 0 Å². The molecule has 6 heteroatoms. The van der Waals surface area contributed by atoms with Crippen molar-refractivity contribution < 1.29 is 18.0 Å². The summed E-state index contributed by atoms with van der Waals surface area (Å²) in [5.74, 6) is -0.790. The number of fused-ring (bicyclic) bond motifs is 1. The molecule has 1 heterocycles. The average molecular weight is 527 g/mol. The normalized spacial score (nSPS) is 13.2. The number of alkyl halides is 3. The van der Waals surface area contributed by atoms with Gasteiger partial charge in [0.25, 0.3) is 0 Å². The lowest BCUT2D eigenvalue weighted by atomic mass is 9.87. The van der Waals surface area contributed by atoms with E-state index in [1.807, 2.05) is 103 Å². The van der Waals surface area contributed by atoms with Gasteiger partial charge in [0, 0.05) is 36.5 Å². The SMILES string of the molecule is Cn1cc(C(CC(=O)NC(Cc2ccccc2)c2ccccc2)c2cccc(C(F)(F)F)c2)c2ccccc21. The van der Waals surface area contributed by atoms with E-state index in [0.29, 0.717) is 12.0 Å². The first kappa shape index (κ1) is 26.3. The number of benzene rings is 4. The minimum Gasteiger partial charge on any atom is -0.350 e. The van der Waals surface area contributed by atoms with Crippen molar-refractivity contribution in [3.05, 3.63) is 143 Å². The molecule has 198 valence electrons. The van der Waals surface area contributed by atoms with Crippen LogP contribution in [-0.2, 0) is 24.4 Å². The zero-order chi connectivity index (χ0) is 27.4. The van der Waals surface area contributed by atoms with E-state index in [1.165, 1.54) is 12.1 Å². The number of nitrogens with one attached hydrogen (secondary N) is 1. The lowest BCUT2D eigenvalue weighted by molar-refractivity contribution is -0.137. The average Bonchev–Trinajstić information content (AvgIpc) is 3.28. The Morgan fingerprint density at radius 2 is 1.46 bits per heavy atom. The standard InChI is InChI=1S/C33H29F3N2O/c1-38-22-29(27-17-8-9-18-31(27)38)28(25-15-10-16-26(20-25)33(34,35)36)21-32(39)37-30(24-13-6-3-7-14-24)19-23-11-4-2-5-12-23/h2-18,20,22,28,30H,19,21H2,1H3,(H,37,39). The summed E-state index contributed by atoms with van der Waals surface area (Å²) in [4.78, 5) is 13.7. The Kier molecular flexibility index (Phi) is 7.55. The molecular formula is C33H29F3N2O. The molecule has 4 aromatic carbocycles. The second kappa shape index (κ2) is 11.2. The van der Waals surface area contributed by atoms with Gasteiger partial charge in [-0.05, 0) is 40.8 Å². The second-order valence-corrected chi connectivity index (χ2v) is 9.81. The van der Waals surface area contributed by atoms with Crippen LogP contribution in [0.2, 0.25) is 0 Å². The fourth-order valence-corrected chi connectivity index (χ4v) is 5.22. The highest BCUT2D eigenvalue weighted by molar-refractivity contribution is 5.86. The van der Waals surface area contributed by atoms with Gasteiger partial charge in [0.15, 0.2) is 0 Å². The summed E-state index contributed by atoms with van der Waals surface area (Å²) < 4.78 is 42.9. The molecule has 5 rings (SSSR count). The molecule has 0 radical (unpaired) electrons. The van der Waals surface area contributed by atoms with E-state index < -0.39 is 17.7 Å². The van der Waals surface area contributed by atoms with Gasteiger partial charge in [-0.1, -0.05) is 97.1 Å².